The van der Waals surface area contributed by atoms with E-state index in [2.05, 4.69) is 10.2 Å². The second kappa shape index (κ2) is 5.26. The molecule has 3 heteroatoms. The number of rotatable bonds is 2. The molecule has 0 spiro atoms. The van der Waals surface area contributed by atoms with E-state index in [0.717, 1.165) is 26.2 Å². The summed E-state index contributed by atoms with van der Waals surface area (Å²) in [6, 6.07) is 0. The predicted molar refractivity (Wildman–Crippen MR) is 60.9 cm³/mol. The van der Waals surface area contributed by atoms with Crippen LogP contribution < -0.4 is 5.32 Å². The molecule has 0 saturated carbocycles. The van der Waals surface area contributed by atoms with Crippen LogP contribution in [-0.4, -0.2) is 43.3 Å². The van der Waals surface area contributed by atoms with Gasteiger partial charge in [0, 0.05) is 6.54 Å². The van der Waals surface area contributed by atoms with Gasteiger partial charge in [-0.3, -0.25) is 0 Å². The molecule has 0 radical (unpaired) electrons. The predicted octanol–water partition coefficient (Wildman–Crippen LogP) is 1.95. The molecule has 2 aliphatic heterocycles. The molecule has 2 saturated heterocycles. The second-order valence-corrected chi connectivity index (χ2v) is 5.09. The maximum atomic E-state index is 14.4. The van der Waals surface area contributed by atoms with Gasteiger partial charge in [-0.2, -0.15) is 0 Å². The fraction of sp³-hybridized carbons (Fsp3) is 1.00. The molecule has 15 heavy (non-hydrogen) atoms. The van der Waals surface area contributed by atoms with Crippen LogP contribution in [0.25, 0.3) is 0 Å². The minimum Gasteiger partial charge on any atom is -0.316 e. The van der Waals surface area contributed by atoms with Crippen LogP contribution in [0.2, 0.25) is 0 Å². The monoisotopic (exact) mass is 214 g/mol. The number of piperidine rings is 1. The molecule has 2 fully saturated rings. The fourth-order valence-corrected chi connectivity index (χ4v) is 2.73. The molecule has 88 valence electrons. The van der Waals surface area contributed by atoms with Gasteiger partial charge in [0.15, 0.2) is 0 Å². The topological polar surface area (TPSA) is 15.3 Å². The number of halogens is 1. The SMILES string of the molecule is FC1(CN2CCCCCC2)CCNCC1. The molecule has 0 aromatic rings. The van der Waals surface area contributed by atoms with Crippen LogP contribution in [0.3, 0.4) is 0 Å². The summed E-state index contributed by atoms with van der Waals surface area (Å²) in [6.07, 6.45) is 6.57. The van der Waals surface area contributed by atoms with E-state index >= 15 is 0 Å². The molecule has 0 aliphatic carbocycles. The quantitative estimate of drug-likeness (QED) is 0.756. The van der Waals surface area contributed by atoms with Gasteiger partial charge in [-0.1, -0.05) is 12.8 Å². The van der Waals surface area contributed by atoms with Gasteiger partial charge in [-0.25, -0.2) is 4.39 Å². The van der Waals surface area contributed by atoms with Crippen molar-refractivity contribution in [2.24, 2.45) is 0 Å². The highest BCUT2D eigenvalue weighted by Gasteiger charge is 2.33. The largest absolute Gasteiger partial charge is 0.316 e. The highest BCUT2D eigenvalue weighted by molar-refractivity contribution is 4.88. The summed E-state index contributed by atoms with van der Waals surface area (Å²) in [4.78, 5) is 2.35. The van der Waals surface area contributed by atoms with Gasteiger partial charge in [0.05, 0.1) is 0 Å². The Bertz CT molecular complexity index is 182. The smallest absolute Gasteiger partial charge is 0.126 e. The Morgan fingerprint density at radius 2 is 1.60 bits per heavy atom. The third-order valence-corrected chi connectivity index (χ3v) is 3.71. The average molecular weight is 214 g/mol. The van der Waals surface area contributed by atoms with Crippen molar-refractivity contribution in [3.8, 4) is 0 Å². The highest BCUT2D eigenvalue weighted by Crippen LogP contribution is 2.25. The Morgan fingerprint density at radius 3 is 2.20 bits per heavy atom. The van der Waals surface area contributed by atoms with E-state index in [1.165, 1.54) is 25.7 Å². The summed E-state index contributed by atoms with van der Waals surface area (Å²) in [5.74, 6) is 0. The molecule has 0 aromatic carbocycles. The van der Waals surface area contributed by atoms with Crippen molar-refractivity contribution in [2.45, 2.75) is 44.2 Å². The zero-order valence-corrected chi connectivity index (χ0v) is 9.60. The molecule has 0 aromatic heterocycles. The van der Waals surface area contributed by atoms with E-state index in [-0.39, 0.29) is 0 Å². The number of hydrogen-bond donors (Lipinski definition) is 1. The first-order chi connectivity index (χ1) is 7.29. The molecule has 2 aliphatic rings. The summed E-state index contributed by atoms with van der Waals surface area (Å²) < 4.78 is 14.4. The van der Waals surface area contributed by atoms with Crippen molar-refractivity contribution in [2.75, 3.05) is 32.7 Å². The lowest BCUT2D eigenvalue weighted by atomic mass is 9.94. The van der Waals surface area contributed by atoms with Gasteiger partial charge in [0.25, 0.3) is 0 Å². The standard InChI is InChI=1S/C12H23FN2/c13-12(5-7-14-8-6-12)11-15-9-3-1-2-4-10-15/h14H,1-11H2. The molecule has 0 atom stereocenters. The number of nitrogens with zero attached hydrogens (tertiary/aromatic N) is 1. The Morgan fingerprint density at radius 1 is 1.00 bits per heavy atom. The molecule has 1 N–H and O–H groups in total. The lowest BCUT2D eigenvalue weighted by Crippen LogP contribution is -2.47. The first kappa shape index (κ1) is 11.3. The van der Waals surface area contributed by atoms with E-state index < -0.39 is 5.67 Å². The number of nitrogens with one attached hydrogen (secondary N) is 1. The Balaban J connectivity index is 1.82. The van der Waals surface area contributed by atoms with Crippen LogP contribution in [0.15, 0.2) is 0 Å². The third-order valence-electron chi connectivity index (χ3n) is 3.71. The summed E-state index contributed by atoms with van der Waals surface area (Å²) in [6.45, 7) is 4.60. The van der Waals surface area contributed by atoms with Crippen LogP contribution in [0, 0.1) is 0 Å². The normalized spacial score (nSPS) is 28.6. The Labute approximate surface area is 92.2 Å². The van der Waals surface area contributed by atoms with E-state index in [9.17, 15) is 4.39 Å². The van der Waals surface area contributed by atoms with E-state index in [4.69, 9.17) is 0 Å². The number of alkyl halides is 1. The lowest BCUT2D eigenvalue weighted by Gasteiger charge is -2.34. The molecule has 0 bridgehead atoms. The zero-order chi connectivity index (χ0) is 10.6. The van der Waals surface area contributed by atoms with Gasteiger partial charge < -0.3 is 10.2 Å². The van der Waals surface area contributed by atoms with Gasteiger partial charge >= 0.3 is 0 Å². The molecule has 0 unspecified atom stereocenters. The summed E-state index contributed by atoms with van der Waals surface area (Å²) >= 11 is 0. The van der Waals surface area contributed by atoms with Crippen LogP contribution in [0.1, 0.15) is 38.5 Å². The minimum absolute atomic E-state index is 0.675. The number of hydrogen-bond acceptors (Lipinski definition) is 2. The molecule has 2 nitrogen and oxygen atoms in total. The van der Waals surface area contributed by atoms with Crippen molar-refractivity contribution in [3.05, 3.63) is 0 Å². The number of likely N-dealkylation sites (tertiary alicyclic amines) is 1. The first-order valence-corrected chi connectivity index (χ1v) is 6.41. The Hall–Kier alpha value is -0.150. The average Bonchev–Trinajstić information content (AvgIpc) is 2.47. The van der Waals surface area contributed by atoms with Crippen molar-refractivity contribution < 1.29 is 4.39 Å². The van der Waals surface area contributed by atoms with Gasteiger partial charge in [-0.15, -0.1) is 0 Å². The first-order valence-electron chi connectivity index (χ1n) is 6.41. The fourth-order valence-electron chi connectivity index (χ4n) is 2.73. The Kier molecular flexibility index (Phi) is 3.98. The lowest BCUT2D eigenvalue weighted by molar-refractivity contribution is 0.0629. The summed E-state index contributed by atoms with van der Waals surface area (Å²) in [5, 5.41) is 3.23. The zero-order valence-electron chi connectivity index (χ0n) is 9.60. The third kappa shape index (κ3) is 3.42. The van der Waals surface area contributed by atoms with Crippen molar-refractivity contribution in [3.63, 3.8) is 0 Å². The van der Waals surface area contributed by atoms with Gasteiger partial charge in [0.2, 0.25) is 0 Å². The van der Waals surface area contributed by atoms with Crippen molar-refractivity contribution >= 4 is 0 Å². The summed E-state index contributed by atoms with van der Waals surface area (Å²) in [5.41, 5.74) is -0.907. The summed E-state index contributed by atoms with van der Waals surface area (Å²) in [7, 11) is 0. The molecular weight excluding hydrogens is 191 g/mol. The molecule has 2 rings (SSSR count). The molecular formula is C12H23FN2. The maximum Gasteiger partial charge on any atom is 0.126 e. The van der Waals surface area contributed by atoms with Crippen LogP contribution in [0.4, 0.5) is 4.39 Å². The van der Waals surface area contributed by atoms with Gasteiger partial charge in [-0.05, 0) is 51.9 Å². The van der Waals surface area contributed by atoms with E-state index in [0.29, 0.717) is 19.4 Å². The van der Waals surface area contributed by atoms with Crippen molar-refractivity contribution in [1.29, 1.82) is 0 Å². The van der Waals surface area contributed by atoms with Crippen LogP contribution in [-0.2, 0) is 0 Å². The van der Waals surface area contributed by atoms with E-state index in [1.807, 2.05) is 0 Å². The maximum absolute atomic E-state index is 14.4. The minimum atomic E-state index is -0.907. The van der Waals surface area contributed by atoms with Crippen LogP contribution >= 0.6 is 0 Å². The molecule has 2 heterocycles. The van der Waals surface area contributed by atoms with Gasteiger partial charge in [0.1, 0.15) is 5.67 Å². The van der Waals surface area contributed by atoms with Crippen LogP contribution in [0.5, 0.6) is 0 Å². The van der Waals surface area contributed by atoms with Crippen molar-refractivity contribution in [1.82, 2.24) is 10.2 Å². The second-order valence-electron chi connectivity index (χ2n) is 5.09. The van der Waals surface area contributed by atoms with E-state index in [1.54, 1.807) is 0 Å². The highest BCUT2D eigenvalue weighted by atomic mass is 19.1. The molecule has 0 amide bonds.